The number of rotatable bonds is 4. The van der Waals surface area contributed by atoms with Crippen molar-refractivity contribution >= 4 is 21.7 Å². The summed E-state index contributed by atoms with van der Waals surface area (Å²) in [4.78, 5) is 12.2. The fraction of sp³-hybridized carbons (Fsp3) is 0.235. The van der Waals surface area contributed by atoms with Crippen LogP contribution in [0.2, 0.25) is 0 Å². The average Bonchev–Trinajstić information content (AvgIpc) is 3.23. The Labute approximate surface area is 126 Å². The third-order valence-electron chi connectivity index (χ3n) is 3.81. The lowest BCUT2D eigenvalue weighted by molar-refractivity contribution is -0.119. The monoisotopic (exact) mass is 332 g/mol. The number of carbonyl (C=O) groups excluding carboxylic acids is 1. The number of hydrogen-bond donors (Lipinski definition) is 0. The first-order chi connectivity index (χ1) is 9.65. The zero-order chi connectivity index (χ0) is 14.1. The molecule has 0 aromatic heterocycles. The zero-order valence-corrected chi connectivity index (χ0v) is 12.4. The van der Waals surface area contributed by atoms with Crippen molar-refractivity contribution in [1.82, 2.24) is 0 Å². The fourth-order valence-electron chi connectivity index (χ4n) is 2.60. The van der Waals surface area contributed by atoms with Gasteiger partial charge in [-0.05, 0) is 35.6 Å². The van der Waals surface area contributed by atoms with E-state index in [1.165, 1.54) is 11.6 Å². The maximum atomic E-state index is 13.7. The van der Waals surface area contributed by atoms with Gasteiger partial charge in [0.25, 0.3) is 0 Å². The molecule has 0 amide bonds. The lowest BCUT2D eigenvalue weighted by atomic mass is 10.0. The molecule has 3 rings (SSSR count). The van der Waals surface area contributed by atoms with Crippen LogP contribution in [-0.2, 0) is 11.2 Å². The quantitative estimate of drug-likeness (QED) is 0.805. The van der Waals surface area contributed by atoms with Crippen LogP contribution in [0.5, 0.6) is 0 Å². The van der Waals surface area contributed by atoms with Gasteiger partial charge in [0.15, 0.2) is 0 Å². The molecule has 3 heteroatoms. The minimum absolute atomic E-state index is 0.0560. The van der Waals surface area contributed by atoms with Gasteiger partial charge in [-0.1, -0.05) is 52.3 Å². The molecule has 0 bridgehead atoms. The van der Waals surface area contributed by atoms with E-state index >= 15 is 0 Å². The Kier molecular flexibility index (Phi) is 3.70. The Bertz CT molecular complexity index is 639. The third-order valence-corrected chi connectivity index (χ3v) is 4.30. The maximum Gasteiger partial charge on any atom is 0.141 e. The van der Waals surface area contributed by atoms with Crippen LogP contribution in [0, 0.1) is 11.7 Å². The molecule has 0 radical (unpaired) electrons. The zero-order valence-electron chi connectivity index (χ0n) is 10.9. The van der Waals surface area contributed by atoms with E-state index in [4.69, 9.17) is 0 Å². The van der Waals surface area contributed by atoms with Crippen LogP contribution in [-0.4, -0.2) is 5.78 Å². The van der Waals surface area contributed by atoms with Gasteiger partial charge in [-0.3, -0.25) is 4.79 Å². The minimum atomic E-state index is -0.315. The summed E-state index contributed by atoms with van der Waals surface area (Å²) in [5.74, 6) is 0.201. The number of ketones is 1. The van der Waals surface area contributed by atoms with Gasteiger partial charge in [0.2, 0.25) is 0 Å². The smallest absolute Gasteiger partial charge is 0.141 e. The van der Waals surface area contributed by atoms with Crippen molar-refractivity contribution in [3.63, 3.8) is 0 Å². The van der Waals surface area contributed by atoms with Crippen LogP contribution in [0.25, 0.3) is 0 Å². The van der Waals surface area contributed by atoms with Crippen LogP contribution in [0.3, 0.4) is 0 Å². The Morgan fingerprint density at radius 1 is 1.20 bits per heavy atom. The summed E-state index contributed by atoms with van der Waals surface area (Å²) >= 11 is 3.22. The van der Waals surface area contributed by atoms with Crippen molar-refractivity contribution in [3.05, 3.63) is 69.9 Å². The topological polar surface area (TPSA) is 17.1 Å². The molecule has 20 heavy (non-hydrogen) atoms. The lowest BCUT2D eigenvalue weighted by Crippen LogP contribution is -2.07. The number of Topliss-reactive ketones (excluding diaryl/α,β-unsaturated/α-hetero) is 1. The van der Waals surface area contributed by atoms with E-state index in [1.807, 2.05) is 18.2 Å². The molecule has 0 saturated heterocycles. The summed E-state index contributed by atoms with van der Waals surface area (Å²) in [6.45, 7) is 0. The Morgan fingerprint density at radius 2 is 1.95 bits per heavy atom. The Morgan fingerprint density at radius 3 is 2.65 bits per heavy atom. The first-order valence-electron chi connectivity index (χ1n) is 6.67. The van der Waals surface area contributed by atoms with Crippen LogP contribution in [0.1, 0.15) is 23.5 Å². The van der Waals surface area contributed by atoms with E-state index in [-0.39, 0.29) is 23.9 Å². The van der Waals surface area contributed by atoms with Crippen molar-refractivity contribution in [2.45, 2.75) is 18.8 Å². The van der Waals surface area contributed by atoms with Gasteiger partial charge in [0.05, 0.1) is 0 Å². The first-order valence-corrected chi connectivity index (χ1v) is 7.46. The van der Waals surface area contributed by atoms with E-state index in [0.717, 1.165) is 6.42 Å². The van der Waals surface area contributed by atoms with Gasteiger partial charge in [0.1, 0.15) is 11.6 Å². The highest BCUT2D eigenvalue weighted by molar-refractivity contribution is 9.10. The summed E-state index contributed by atoms with van der Waals surface area (Å²) in [7, 11) is 0. The van der Waals surface area contributed by atoms with Gasteiger partial charge in [0, 0.05) is 16.8 Å². The molecule has 0 N–H and O–H groups in total. The number of halogens is 2. The average molecular weight is 333 g/mol. The molecule has 0 aliphatic heterocycles. The van der Waals surface area contributed by atoms with Gasteiger partial charge in [-0.15, -0.1) is 0 Å². The molecule has 2 aromatic carbocycles. The molecule has 2 aromatic rings. The van der Waals surface area contributed by atoms with E-state index in [0.29, 0.717) is 16.0 Å². The molecule has 1 saturated carbocycles. The molecule has 1 nitrogen and oxygen atoms in total. The van der Waals surface area contributed by atoms with Gasteiger partial charge in [-0.2, -0.15) is 0 Å². The molecule has 0 spiro atoms. The highest BCUT2D eigenvalue weighted by atomic mass is 79.9. The third kappa shape index (κ3) is 2.83. The van der Waals surface area contributed by atoms with E-state index in [1.54, 1.807) is 12.1 Å². The number of carbonyl (C=O) groups is 1. The van der Waals surface area contributed by atoms with Crippen molar-refractivity contribution in [1.29, 1.82) is 0 Å². The van der Waals surface area contributed by atoms with Crippen LogP contribution in [0.15, 0.2) is 53.0 Å². The van der Waals surface area contributed by atoms with E-state index in [9.17, 15) is 9.18 Å². The summed E-state index contributed by atoms with van der Waals surface area (Å²) in [6, 6.07) is 14.9. The van der Waals surface area contributed by atoms with Crippen molar-refractivity contribution in [3.8, 4) is 0 Å². The fourth-order valence-corrected chi connectivity index (χ4v) is 2.94. The summed E-state index contributed by atoms with van der Waals surface area (Å²) in [5, 5.41) is 0. The van der Waals surface area contributed by atoms with Crippen LogP contribution in [0.4, 0.5) is 4.39 Å². The molecule has 1 fully saturated rings. The SMILES string of the molecule is O=C(Cc1ccc(Br)cc1F)C1CC1c1ccccc1. The summed E-state index contributed by atoms with van der Waals surface area (Å²) < 4.78 is 14.4. The Hall–Kier alpha value is -1.48. The van der Waals surface area contributed by atoms with E-state index in [2.05, 4.69) is 28.1 Å². The molecule has 0 heterocycles. The van der Waals surface area contributed by atoms with Crippen molar-refractivity contribution in [2.24, 2.45) is 5.92 Å². The molecular formula is C17H14BrFO. The second-order valence-corrected chi connectivity index (χ2v) is 6.15. The summed E-state index contributed by atoms with van der Waals surface area (Å²) in [5.41, 5.74) is 1.69. The number of benzene rings is 2. The molecule has 1 aliphatic rings. The first kappa shape index (κ1) is 13.5. The lowest BCUT2D eigenvalue weighted by Gasteiger charge is -2.04. The molecule has 2 unspecified atom stereocenters. The van der Waals surface area contributed by atoms with Gasteiger partial charge < -0.3 is 0 Å². The van der Waals surface area contributed by atoms with Crippen LogP contribution >= 0.6 is 15.9 Å². The second-order valence-electron chi connectivity index (χ2n) is 5.24. The van der Waals surface area contributed by atoms with Crippen molar-refractivity contribution < 1.29 is 9.18 Å². The number of hydrogen-bond acceptors (Lipinski definition) is 1. The second kappa shape index (κ2) is 5.49. The molecule has 2 atom stereocenters. The predicted octanol–water partition coefficient (Wildman–Crippen LogP) is 4.50. The highest BCUT2D eigenvalue weighted by Gasteiger charge is 2.43. The molecular weight excluding hydrogens is 319 g/mol. The summed E-state index contributed by atoms with van der Waals surface area (Å²) in [6.07, 6.45) is 1.08. The van der Waals surface area contributed by atoms with Crippen LogP contribution < -0.4 is 0 Å². The normalized spacial score (nSPS) is 20.7. The van der Waals surface area contributed by atoms with E-state index < -0.39 is 0 Å². The molecule has 102 valence electrons. The van der Waals surface area contributed by atoms with Crippen molar-refractivity contribution in [2.75, 3.05) is 0 Å². The predicted molar refractivity (Wildman–Crippen MR) is 80.1 cm³/mol. The maximum absolute atomic E-state index is 13.7. The minimum Gasteiger partial charge on any atom is -0.299 e. The van der Waals surface area contributed by atoms with Gasteiger partial charge >= 0.3 is 0 Å². The highest BCUT2D eigenvalue weighted by Crippen LogP contribution is 2.48. The Balaban J connectivity index is 1.67. The molecule has 1 aliphatic carbocycles. The largest absolute Gasteiger partial charge is 0.299 e. The van der Waals surface area contributed by atoms with Gasteiger partial charge in [-0.25, -0.2) is 4.39 Å². The standard InChI is InChI=1S/C17H14BrFO/c18-13-7-6-12(16(19)9-13)8-17(20)15-10-14(15)11-4-2-1-3-5-11/h1-7,9,14-15H,8,10H2.